The summed E-state index contributed by atoms with van der Waals surface area (Å²) in [7, 11) is 0. The molecule has 0 spiro atoms. The molecular weight excluding hydrogens is 688 g/mol. The van der Waals surface area contributed by atoms with E-state index in [9.17, 15) is 33.6 Å². The first-order chi connectivity index (χ1) is 25.1. The maximum atomic E-state index is 14.6. The number of benzene rings is 1. The van der Waals surface area contributed by atoms with E-state index in [-0.39, 0.29) is 43.8 Å². The second kappa shape index (κ2) is 16.7. The van der Waals surface area contributed by atoms with Crippen LogP contribution in [0.4, 0.5) is 4.79 Å². The molecule has 1 saturated carbocycles. The zero-order chi connectivity index (χ0) is 40.3. The average molecular weight is 747 g/mol. The van der Waals surface area contributed by atoms with Crippen molar-refractivity contribution in [1.29, 1.82) is 0 Å². The minimum absolute atomic E-state index is 0.0575. The van der Waals surface area contributed by atoms with Crippen LogP contribution in [0.1, 0.15) is 90.6 Å². The Balaban J connectivity index is 1.56. The summed E-state index contributed by atoms with van der Waals surface area (Å²) in [5, 5.41) is 11.1. The molecule has 13 nitrogen and oxygen atoms in total. The van der Waals surface area contributed by atoms with Gasteiger partial charge in [0.05, 0.1) is 18.5 Å². The molecule has 0 radical (unpaired) electrons. The highest BCUT2D eigenvalue weighted by molar-refractivity contribution is 6.38. The average Bonchev–Trinajstić information content (AvgIpc) is 3.83. The molecule has 1 aliphatic carbocycles. The van der Waals surface area contributed by atoms with Crippen LogP contribution in [-0.2, 0) is 30.4 Å². The number of rotatable bonds is 14. The summed E-state index contributed by atoms with van der Waals surface area (Å²) in [6.45, 7) is 22.7. The molecule has 0 aromatic heterocycles. The van der Waals surface area contributed by atoms with Gasteiger partial charge in [0.1, 0.15) is 12.1 Å². The molecule has 0 bridgehead atoms. The molecule has 4 N–H and O–H groups in total. The van der Waals surface area contributed by atoms with Crippen molar-refractivity contribution >= 4 is 41.4 Å². The largest absolute Gasteiger partial charge is 0.346 e. The predicted octanol–water partition coefficient (Wildman–Crippen LogP) is 3.54. The molecule has 3 aliphatic rings. The molecule has 7 amide bonds. The number of nitrogens with zero attached hydrogens (tertiary/aromatic N) is 2. The molecule has 13 heteroatoms. The number of hydrogen-bond acceptors (Lipinski definition) is 7. The van der Waals surface area contributed by atoms with Gasteiger partial charge in [0.25, 0.3) is 11.8 Å². The Labute approximate surface area is 319 Å². The topological polar surface area (TPSA) is 174 Å². The number of Topliss-reactive ketones (excluding diaryl/α,β-unsaturated/α-hetero) is 1. The van der Waals surface area contributed by atoms with Crippen LogP contribution in [0.15, 0.2) is 49.1 Å². The third kappa shape index (κ3) is 9.83. The van der Waals surface area contributed by atoms with Gasteiger partial charge in [0, 0.05) is 31.1 Å². The summed E-state index contributed by atoms with van der Waals surface area (Å²) in [5.74, 6) is -3.82. The molecule has 294 valence electrons. The summed E-state index contributed by atoms with van der Waals surface area (Å²) in [4.78, 5) is 97.7. The first-order valence-corrected chi connectivity index (χ1v) is 18.9. The van der Waals surface area contributed by atoms with Crippen LogP contribution in [0.25, 0.3) is 0 Å². The maximum Gasteiger partial charge on any atom is 0.315 e. The fourth-order valence-electron chi connectivity index (χ4n) is 7.23. The molecule has 4 rings (SSSR count). The van der Waals surface area contributed by atoms with E-state index in [4.69, 9.17) is 0 Å². The van der Waals surface area contributed by atoms with Gasteiger partial charge in [-0.25, -0.2) is 4.79 Å². The van der Waals surface area contributed by atoms with Crippen molar-refractivity contribution in [2.45, 2.75) is 105 Å². The van der Waals surface area contributed by atoms with Crippen molar-refractivity contribution in [3.05, 3.63) is 60.2 Å². The minimum atomic E-state index is -1.12. The van der Waals surface area contributed by atoms with Crippen molar-refractivity contribution in [2.75, 3.05) is 19.6 Å². The Kier molecular flexibility index (Phi) is 13.0. The van der Waals surface area contributed by atoms with Gasteiger partial charge in [-0.3, -0.25) is 33.7 Å². The molecular formula is C41H58N6O7. The molecule has 2 fully saturated rings. The van der Waals surface area contributed by atoms with Crippen molar-refractivity contribution in [2.24, 2.45) is 28.6 Å². The van der Waals surface area contributed by atoms with Crippen LogP contribution >= 0.6 is 0 Å². The fourth-order valence-corrected chi connectivity index (χ4v) is 7.23. The third-order valence-electron chi connectivity index (χ3n) is 10.6. The Morgan fingerprint density at radius 3 is 2.17 bits per heavy atom. The van der Waals surface area contributed by atoms with Gasteiger partial charge in [-0.2, -0.15) is 0 Å². The molecule has 5 atom stereocenters. The van der Waals surface area contributed by atoms with Gasteiger partial charge in [0.2, 0.25) is 23.5 Å². The van der Waals surface area contributed by atoms with Crippen LogP contribution in [0.3, 0.4) is 0 Å². The maximum absolute atomic E-state index is 14.6. The summed E-state index contributed by atoms with van der Waals surface area (Å²) >= 11 is 0. The monoisotopic (exact) mass is 746 g/mol. The van der Waals surface area contributed by atoms with Crippen LogP contribution in [0.2, 0.25) is 0 Å². The van der Waals surface area contributed by atoms with E-state index in [1.807, 2.05) is 34.6 Å². The Morgan fingerprint density at radius 2 is 1.59 bits per heavy atom. The fraction of sp³-hybridized carbons (Fsp3) is 0.585. The van der Waals surface area contributed by atoms with Gasteiger partial charge >= 0.3 is 6.03 Å². The number of imide groups is 1. The van der Waals surface area contributed by atoms with Gasteiger partial charge < -0.3 is 26.2 Å². The summed E-state index contributed by atoms with van der Waals surface area (Å²) < 4.78 is 0. The highest BCUT2D eigenvalue weighted by Gasteiger charge is 2.50. The SMILES string of the molecule is C=CCNC(=O)C(=O)C(CC1CC1)NC(=O)[C@@H]1[C@@H](C(C)C)C(=C)CN1C(=O)[C@@H](NC(=O)N[C@H](CN1C(=O)Cc2ccccc2C1=O)C(C)(C)C)C(C)(C)C. The van der Waals surface area contributed by atoms with E-state index < -0.39 is 76.4 Å². The highest BCUT2D eigenvalue weighted by Crippen LogP contribution is 2.37. The van der Waals surface area contributed by atoms with Gasteiger partial charge in [-0.15, -0.1) is 6.58 Å². The molecule has 1 unspecified atom stereocenters. The number of carbonyl (C=O) groups excluding carboxylic acids is 7. The Hall–Kier alpha value is -4.81. The molecule has 54 heavy (non-hydrogen) atoms. The zero-order valence-corrected chi connectivity index (χ0v) is 33.0. The van der Waals surface area contributed by atoms with Crippen molar-refractivity contribution < 1.29 is 33.6 Å². The number of ketones is 1. The van der Waals surface area contributed by atoms with E-state index in [0.717, 1.165) is 12.8 Å². The second-order valence-corrected chi connectivity index (χ2v) is 17.4. The van der Waals surface area contributed by atoms with Crippen LogP contribution in [-0.4, -0.2) is 95.0 Å². The second-order valence-electron chi connectivity index (χ2n) is 17.4. The number of likely N-dealkylation sites (tertiary alicyclic amines) is 1. The number of amides is 7. The lowest BCUT2D eigenvalue weighted by Gasteiger charge is -2.39. The van der Waals surface area contributed by atoms with E-state index >= 15 is 0 Å². The predicted molar refractivity (Wildman–Crippen MR) is 205 cm³/mol. The lowest BCUT2D eigenvalue weighted by atomic mass is 9.83. The summed E-state index contributed by atoms with van der Waals surface area (Å²) in [5.41, 5.74) is 0.323. The normalized spacial score (nSPS) is 20.5. The summed E-state index contributed by atoms with van der Waals surface area (Å²) in [6, 6.07) is 2.34. The smallest absolute Gasteiger partial charge is 0.315 e. The van der Waals surface area contributed by atoms with Crippen LogP contribution < -0.4 is 21.3 Å². The number of hydrogen-bond donors (Lipinski definition) is 4. The first kappa shape index (κ1) is 41.9. The van der Waals surface area contributed by atoms with Crippen LogP contribution in [0.5, 0.6) is 0 Å². The molecule has 2 heterocycles. The quantitative estimate of drug-likeness (QED) is 0.128. The van der Waals surface area contributed by atoms with Crippen molar-refractivity contribution in [3.63, 3.8) is 0 Å². The van der Waals surface area contributed by atoms with Gasteiger partial charge in [-0.05, 0) is 40.7 Å². The Morgan fingerprint density at radius 1 is 0.944 bits per heavy atom. The van der Waals surface area contributed by atoms with E-state index in [1.165, 1.54) is 15.9 Å². The van der Waals surface area contributed by atoms with Gasteiger partial charge in [-0.1, -0.05) is 105 Å². The highest BCUT2D eigenvalue weighted by atomic mass is 16.2. The zero-order valence-electron chi connectivity index (χ0n) is 33.0. The Bertz CT molecular complexity index is 1680. The third-order valence-corrected chi connectivity index (χ3v) is 10.6. The summed E-state index contributed by atoms with van der Waals surface area (Å²) in [6.07, 6.45) is 3.62. The van der Waals surface area contributed by atoms with E-state index in [0.29, 0.717) is 23.1 Å². The number of fused-ring (bicyclic) bond motifs is 1. The molecule has 1 aromatic rings. The van der Waals surface area contributed by atoms with Crippen molar-refractivity contribution in [3.8, 4) is 0 Å². The van der Waals surface area contributed by atoms with Crippen LogP contribution in [0, 0.1) is 28.6 Å². The first-order valence-electron chi connectivity index (χ1n) is 18.9. The minimum Gasteiger partial charge on any atom is -0.346 e. The van der Waals surface area contributed by atoms with Crippen molar-refractivity contribution in [1.82, 2.24) is 31.1 Å². The lowest BCUT2D eigenvalue weighted by Crippen LogP contribution is -2.63. The van der Waals surface area contributed by atoms with E-state index in [1.54, 1.807) is 45.0 Å². The number of urea groups is 1. The molecule has 2 aliphatic heterocycles. The van der Waals surface area contributed by atoms with Gasteiger partial charge in [0.15, 0.2) is 0 Å². The molecule has 1 aromatic carbocycles. The standard InChI is InChI=1S/C41H58N6O7/c1-11-18-42-36(51)33(49)28(19-25-16-17-25)43-35(50)32-31(23(2)3)24(4)21-47(32)38(53)34(41(8,9)10)45-39(54)44-29(40(5,6)7)22-46-30(48)20-26-14-12-13-15-27(26)37(46)52/h11-15,23,25,28-29,31-32,34H,1,4,16-22H2,2-3,5-10H3,(H,42,51)(H,43,50)(H2,44,45,54)/t28?,29-,31+,32+,34-/m1/s1. The lowest BCUT2D eigenvalue weighted by molar-refractivity contribution is -0.144. The number of nitrogens with one attached hydrogen (secondary N) is 4. The number of carbonyl (C=O) groups is 7. The van der Waals surface area contributed by atoms with E-state index in [2.05, 4.69) is 34.4 Å². The molecule has 1 saturated heterocycles.